The highest BCUT2D eigenvalue weighted by atomic mass is 79.9. The van der Waals surface area contributed by atoms with Gasteiger partial charge in [-0.2, -0.15) is 0 Å². The van der Waals surface area contributed by atoms with Crippen molar-refractivity contribution >= 4 is 61.0 Å². The molecule has 1 amide bonds. The third-order valence-corrected chi connectivity index (χ3v) is 6.32. The molecule has 0 aliphatic rings. The van der Waals surface area contributed by atoms with E-state index < -0.39 is 0 Å². The van der Waals surface area contributed by atoms with Crippen LogP contribution in [0.2, 0.25) is 0 Å². The standard InChI is InChI=1S/C20H15BrN4OS2/c1-2-27-20-25-24-19(28-20)23-18(26)15-11-17(12-6-5-7-13(21)10-12)22-16-9-4-3-8-14(15)16/h3-11H,2H2,1H3,(H,23,24,26). The molecule has 0 saturated heterocycles. The van der Waals surface area contributed by atoms with Crippen LogP contribution in [-0.2, 0) is 0 Å². The summed E-state index contributed by atoms with van der Waals surface area (Å²) in [6.07, 6.45) is 0. The molecule has 28 heavy (non-hydrogen) atoms. The minimum absolute atomic E-state index is 0.223. The third kappa shape index (κ3) is 4.09. The largest absolute Gasteiger partial charge is 0.296 e. The number of pyridine rings is 1. The van der Waals surface area contributed by atoms with E-state index in [1.165, 1.54) is 11.3 Å². The number of carbonyl (C=O) groups excluding carboxylic acids is 1. The molecule has 0 atom stereocenters. The van der Waals surface area contributed by atoms with Crippen molar-refractivity contribution in [1.82, 2.24) is 15.2 Å². The molecule has 2 aromatic heterocycles. The van der Waals surface area contributed by atoms with Crippen LogP contribution in [0.15, 0.2) is 63.4 Å². The van der Waals surface area contributed by atoms with E-state index in [9.17, 15) is 4.79 Å². The van der Waals surface area contributed by atoms with Crippen molar-refractivity contribution in [2.45, 2.75) is 11.3 Å². The molecule has 0 saturated carbocycles. The van der Waals surface area contributed by atoms with E-state index in [1.54, 1.807) is 11.8 Å². The van der Waals surface area contributed by atoms with Crippen LogP contribution in [0, 0.1) is 0 Å². The van der Waals surface area contributed by atoms with Gasteiger partial charge in [0.1, 0.15) is 0 Å². The van der Waals surface area contributed by atoms with Crippen LogP contribution in [0.5, 0.6) is 0 Å². The normalized spacial score (nSPS) is 10.9. The van der Waals surface area contributed by atoms with Gasteiger partial charge in [0, 0.05) is 15.4 Å². The summed E-state index contributed by atoms with van der Waals surface area (Å²) < 4.78 is 1.80. The van der Waals surface area contributed by atoms with Gasteiger partial charge in [-0.05, 0) is 30.0 Å². The second kappa shape index (κ2) is 8.38. The summed E-state index contributed by atoms with van der Waals surface area (Å²) in [6.45, 7) is 2.05. The summed E-state index contributed by atoms with van der Waals surface area (Å²) >= 11 is 6.47. The molecule has 0 fully saturated rings. The van der Waals surface area contributed by atoms with Crippen LogP contribution >= 0.6 is 39.0 Å². The van der Waals surface area contributed by atoms with Crippen LogP contribution < -0.4 is 5.32 Å². The van der Waals surface area contributed by atoms with Crippen molar-refractivity contribution in [2.75, 3.05) is 11.1 Å². The molecule has 1 N–H and O–H groups in total. The summed E-state index contributed by atoms with van der Waals surface area (Å²) in [5.41, 5.74) is 3.00. The minimum atomic E-state index is -0.223. The fourth-order valence-corrected chi connectivity index (χ4v) is 4.81. The number of nitrogens with zero attached hydrogens (tertiary/aromatic N) is 3. The number of benzene rings is 2. The van der Waals surface area contributed by atoms with Gasteiger partial charge in [-0.1, -0.05) is 76.3 Å². The third-order valence-electron chi connectivity index (χ3n) is 3.98. The van der Waals surface area contributed by atoms with Gasteiger partial charge in [0.2, 0.25) is 5.13 Å². The Labute approximate surface area is 178 Å². The van der Waals surface area contributed by atoms with Crippen molar-refractivity contribution in [3.8, 4) is 11.3 Å². The first-order valence-electron chi connectivity index (χ1n) is 8.57. The van der Waals surface area contributed by atoms with Gasteiger partial charge in [0.15, 0.2) is 4.34 Å². The molecule has 0 aliphatic heterocycles. The van der Waals surface area contributed by atoms with Crippen LogP contribution in [-0.4, -0.2) is 26.8 Å². The molecule has 0 spiro atoms. The Balaban J connectivity index is 1.75. The van der Waals surface area contributed by atoms with Crippen molar-refractivity contribution < 1.29 is 4.79 Å². The lowest BCUT2D eigenvalue weighted by atomic mass is 10.0. The van der Waals surface area contributed by atoms with Crippen LogP contribution in [0.4, 0.5) is 5.13 Å². The van der Waals surface area contributed by atoms with Gasteiger partial charge in [0.25, 0.3) is 5.91 Å². The number of rotatable bonds is 5. The molecule has 8 heteroatoms. The van der Waals surface area contributed by atoms with Gasteiger partial charge in [-0.15, -0.1) is 10.2 Å². The van der Waals surface area contributed by atoms with Crippen molar-refractivity contribution in [1.29, 1.82) is 0 Å². The number of thioether (sulfide) groups is 1. The zero-order valence-corrected chi connectivity index (χ0v) is 18.1. The van der Waals surface area contributed by atoms with Gasteiger partial charge >= 0.3 is 0 Å². The number of fused-ring (bicyclic) bond motifs is 1. The number of anilines is 1. The lowest BCUT2D eigenvalue weighted by molar-refractivity contribution is 0.102. The molecule has 4 aromatic rings. The van der Waals surface area contributed by atoms with Gasteiger partial charge < -0.3 is 0 Å². The number of hydrogen-bond acceptors (Lipinski definition) is 6. The first-order valence-corrected chi connectivity index (χ1v) is 11.2. The van der Waals surface area contributed by atoms with Gasteiger partial charge in [0.05, 0.1) is 16.8 Å². The molecule has 0 unspecified atom stereocenters. The second-order valence-electron chi connectivity index (χ2n) is 5.84. The number of carbonyl (C=O) groups is 1. The van der Waals surface area contributed by atoms with E-state index in [4.69, 9.17) is 4.98 Å². The summed E-state index contributed by atoms with van der Waals surface area (Å²) in [6, 6.07) is 17.3. The Morgan fingerprint density at radius 3 is 2.82 bits per heavy atom. The number of hydrogen-bond donors (Lipinski definition) is 1. The predicted molar refractivity (Wildman–Crippen MR) is 119 cm³/mol. The van der Waals surface area contributed by atoms with Crippen molar-refractivity contribution in [2.24, 2.45) is 0 Å². The first kappa shape index (κ1) is 19.0. The Morgan fingerprint density at radius 1 is 1.14 bits per heavy atom. The zero-order valence-electron chi connectivity index (χ0n) is 14.8. The smallest absolute Gasteiger partial charge is 0.258 e. The highest BCUT2D eigenvalue weighted by Crippen LogP contribution is 2.29. The average Bonchev–Trinajstić information content (AvgIpc) is 3.14. The highest BCUT2D eigenvalue weighted by molar-refractivity contribution is 9.10. The van der Waals surface area contributed by atoms with Crippen molar-refractivity contribution in [3.05, 3.63) is 64.6 Å². The summed E-state index contributed by atoms with van der Waals surface area (Å²) in [5, 5.41) is 12.3. The zero-order chi connectivity index (χ0) is 19.5. The summed E-state index contributed by atoms with van der Waals surface area (Å²) in [5.74, 6) is 0.687. The lowest BCUT2D eigenvalue weighted by Crippen LogP contribution is -2.13. The van der Waals surface area contributed by atoms with E-state index in [1.807, 2.05) is 54.6 Å². The number of para-hydroxylation sites is 1. The number of halogens is 1. The lowest BCUT2D eigenvalue weighted by Gasteiger charge is -2.09. The number of amides is 1. The Bertz CT molecular complexity index is 1160. The molecular weight excluding hydrogens is 456 g/mol. The highest BCUT2D eigenvalue weighted by Gasteiger charge is 2.16. The molecule has 0 radical (unpaired) electrons. The molecule has 0 bridgehead atoms. The number of nitrogens with one attached hydrogen (secondary N) is 1. The molecule has 4 rings (SSSR count). The van der Waals surface area contributed by atoms with Crippen LogP contribution in [0.1, 0.15) is 17.3 Å². The fourth-order valence-electron chi connectivity index (χ4n) is 2.77. The summed E-state index contributed by atoms with van der Waals surface area (Å²) in [4.78, 5) is 17.8. The molecule has 2 aromatic carbocycles. The Hall–Kier alpha value is -2.29. The summed E-state index contributed by atoms with van der Waals surface area (Å²) in [7, 11) is 0. The SMILES string of the molecule is CCSc1nnc(NC(=O)c2cc(-c3cccc(Br)c3)nc3ccccc23)s1. The monoisotopic (exact) mass is 470 g/mol. The maximum Gasteiger partial charge on any atom is 0.258 e. The van der Waals surface area contributed by atoms with E-state index in [2.05, 4.69) is 38.4 Å². The second-order valence-corrected chi connectivity index (χ2v) is 9.25. The Morgan fingerprint density at radius 2 is 2.00 bits per heavy atom. The molecule has 140 valence electrons. The van der Waals surface area contributed by atoms with Gasteiger partial charge in [-0.25, -0.2) is 4.98 Å². The maximum absolute atomic E-state index is 13.0. The topological polar surface area (TPSA) is 67.8 Å². The van der Waals surface area contributed by atoms with E-state index >= 15 is 0 Å². The van der Waals surface area contributed by atoms with Gasteiger partial charge in [-0.3, -0.25) is 10.1 Å². The minimum Gasteiger partial charge on any atom is -0.296 e. The van der Waals surface area contributed by atoms with Crippen LogP contribution in [0.25, 0.3) is 22.2 Å². The quantitative estimate of drug-likeness (QED) is 0.291. The Kier molecular flexibility index (Phi) is 5.70. The number of aromatic nitrogens is 3. The molecular formula is C20H15BrN4OS2. The predicted octanol–water partition coefficient (Wildman–Crippen LogP) is 5.88. The maximum atomic E-state index is 13.0. The van der Waals surface area contributed by atoms with Crippen LogP contribution in [0.3, 0.4) is 0 Å². The molecule has 0 aliphatic carbocycles. The molecule has 5 nitrogen and oxygen atoms in total. The van der Waals surface area contributed by atoms with E-state index in [-0.39, 0.29) is 5.91 Å². The van der Waals surface area contributed by atoms with E-state index in [0.29, 0.717) is 10.7 Å². The first-order chi connectivity index (χ1) is 13.6. The average molecular weight is 471 g/mol. The molecule has 2 heterocycles. The fraction of sp³-hybridized carbons (Fsp3) is 0.100. The van der Waals surface area contributed by atoms with E-state index in [0.717, 1.165) is 36.7 Å². The van der Waals surface area contributed by atoms with Crippen molar-refractivity contribution in [3.63, 3.8) is 0 Å².